The van der Waals surface area contributed by atoms with Gasteiger partial charge in [-0.05, 0) is 56.6 Å². The summed E-state index contributed by atoms with van der Waals surface area (Å²) in [7, 11) is 0. The van der Waals surface area contributed by atoms with E-state index in [1.807, 2.05) is 0 Å². The fourth-order valence-corrected chi connectivity index (χ4v) is 2.54. The van der Waals surface area contributed by atoms with Gasteiger partial charge in [-0.1, -0.05) is 23.8 Å². The molecule has 0 aromatic heterocycles. The Kier molecular flexibility index (Phi) is 2.81. The molecule has 1 atom stereocenters. The molecule has 0 radical (unpaired) electrons. The maximum absolute atomic E-state index is 6.27. The smallest absolute Gasteiger partial charge is 0.0367 e. The van der Waals surface area contributed by atoms with Crippen LogP contribution < -0.4 is 0 Å². The van der Waals surface area contributed by atoms with Crippen molar-refractivity contribution in [2.24, 2.45) is 5.41 Å². The molecule has 1 saturated carbocycles. The van der Waals surface area contributed by atoms with Gasteiger partial charge >= 0.3 is 0 Å². The van der Waals surface area contributed by atoms with E-state index in [0.717, 1.165) is 6.42 Å². The number of halogens is 1. The molecule has 0 amide bonds. The Morgan fingerprint density at radius 1 is 1.33 bits per heavy atom. The topological polar surface area (TPSA) is 0 Å². The van der Waals surface area contributed by atoms with Gasteiger partial charge in [-0.25, -0.2) is 0 Å². The molecule has 1 aromatic rings. The number of hydrogen-bond acceptors (Lipinski definition) is 0. The fourth-order valence-electron chi connectivity index (χ4n) is 2.25. The molecular formula is C14H19Cl. The molecule has 0 heterocycles. The van der Waals surface area contributed by atoms with Crippen LogP contribution >= 0.6 is 11.6 Å². The van der Waals surface area contributed by atoms with Crippen molar-refractivity contribution < 1.29 is 0 Å². The predicted octanol–water partition coefficient (Wildman–Crippen LogP) is 4.25. The van der Waals surface area contributed by atoms with Gasteiger partial charge in [0.25, 0.3) is 0 Å². The summed E-state index contributed by atoms with van der Waals surface area (Å²) in [5, 5.41) is 0.303. The normalized spacial score (nSPS) is 20.0. The first-order valence-corrected chi connectivity index (χ1v) is 6.17. The average molecular weight is 223 g/mol. The number of aryl methyl sites for hydroxylation is 2. The molecule has 0 N–H and O–H groups in total. The molecular weight excluding hydrogens is 204 g/mol. The molecule has 1 aromatic carbocycles. The van der Waals surface area contributed by atoms with E-state index in [-0.39, 0.29) is 0 Å². The monoisotopic (exact) mass is 222 g/mol. The molecule has 0 saturated heterocycles. The minimum atomic E-state index is 0.303. The molecule has 0 spiro atoms. The predicted molar refractivity (Wildman–Crippen MR) is 66.6 cm³/mol. The molecule has 1 unspecified atom stereocenters. The zero-order valence-corrected chi connectivity index (χ0v) is 10.6. The molecule has 15 heavy (non-hydrogen) atoms. The molecule has 1 aliphatic carbocycles. The van der Waals surface area contributed by atoms with E-state index in [0.29, 0.717) is 10.8 Å². The van der Waals surface area contributed by atoms with Crippen LogP contribution in [0.1, 0.15) is 36.5 Å². The lowest BCUT2D eigenvalue weighted by Gasteiger charge is -2.19. The van der Waals surface area contributed by atoms with Gasteiger partial charge < -0.3 is 0 Å². The first kappa shape index (κ1) is 11.0. The van der Waals surface area contributed by atoms with Crippen LogP contribution in [0.15, 0.2) is 18.2 Å². The highest BCUT2D eigenvalue weighted by atomic mass is 35.5. The third-order valence-corrected chi connectivity index (χ3v) is 4.25. The van der Waals surface area contributed by atoms with E-state index in [2.05, 4.69) is 39.0 Å². The van der Waals surface area contributed by atoms with E-state index in [1.54, 1.807) is 0 Å². The first-order valence-electron chi connectivity index (χ1n) is 5.74. The molecule has 1 heteroatoms. The summed E-state index contributed by atoms with van der Waals surface area (Å²) in [5.41, 5.74) is 4.65. The number of alkyl halides is 1. The van der Waals surface area contributed by atoms with Crippen LogP contribution in [0.25, 0.3) is 0 Å². The maximum Gasteiger partial charge on any atom is 0.0367 e. The van der Waals surface area contributed by atoms with Crippen molar-refractivity contribution in [1.82, 2.24) is 0 Å². The molecule has 0 nitrogen and oxygen atoms in total. The largest absolute Gasteiger partial charge is 0.123 e. The van der Waals surface area contributed by atoms with Gasteiger partial charge in [0.15, 0.2) is 0 Å². The van der Waals surface area contributed by atoms with Crippen LogP contribution in [-0.4, -0.2) is 5.38 Å². The summed E-state index contributed by atoms with van der Waals surface area (Å²) < 4.78 is 0. The van der Waals surface area contributed by atoms with Gasteiger partial charge in [0.05, 0.1) is 0 Å². The van der Waals surface area contributed by atoms with Crippen molar-refractivity contribution >= 4 is 11.6 Å². The van der Waals surface area contributed by atoms with Crippen molar-refractivity contribution in [3.8, 4) is 0 Å². The molecule has 0 bridgehead atoms. The summed E-state index contributed by atoms with van der Waals surface area (Å²) in [4.78, 5) is 0. The first-order chi connectivity index (χ1) is 7.03. The summed E-state index contributed by atoms with van der Waals surface area (Å²) in [5.74, 6) is 0. The van der Waals surface area contributed by atoms with Crippen molar-refractivity contribution in [3.05, 3.63) is 34.9 Å². The minimum absolute atomic E-state index is 0.303. The number of rotatable bonds is 3. The molecule has 1 aliphatic rings. The van der Waals surface area contributed by atoms with Gasteiger partial charge in [-0.3, -0.25) is 0 Å². The summed E-state index contributed by atoms with van der Waals surface area (Å²) in [6.07, 6.45) is 3.75. The highest BCUT2D eigenvalue weighted by Crippen LogP contribution is 2.53. The lowest BCUT2D eigenvalue weighted by atomic mass is 9.90. The van der Waals surface area contributed by atoms with Crippen molar-refractivity contribution in [2.75, 3.05) is 0 Å². The Labute approximate surface area is 97.6 Å². The third-order valence-electron chi connectivity index (χ3n) is 3.78. The van der Waals surface area contributed by atoms with E-state index >= 15 is 0 Å². The quantitative estimate of drug-likeness (QED) is 0.671. The zero-order valence-electron chi connectivity index (χ0n) is 9.81. The van der Waals surface area contributed by atoms with Crippen LogP contribution in [0.2, 0.25) is 0 Å². The van der Waals surface area contributed by atoms with Crippen LogP contribution in [-0.2, 0) is 6.42 Å². The molecule has 1 fully saturated rings. The second-order valence-electron chi connectivity index (χ2n) is 5.09. The van der Waals surface area contributed by atoms with E-state index in [9.17, 15) is 0 Å². The van der Waals surface area contributed by atoms with Crippen LogP contribution in [0, 0.1) is 19.3 Å². The standard InChI is InChI=1S/C14H19Cl/c1-10-4-5-11(2)13(8-10)9-14(6-7-14)12(3)15/h4-5,8,12H,6-7,9H2,1-3H3. The fraction of sp³-hybridized carbons (Fsp3) is 0.571. The third kappa shape index (κ3) is 2.20. The Balaban J connectivity index is 2.21. The average Bonchev–Trinajstić information content (AvgIpc) is 2.92. The Morgan fingerprint density at radius 2 is 2.00 bits per heavy atom. The van der Waals surface area contributed by atoms with E-state index < -0.39 is 0 Å². The van der Waals surface area contributed by atoms with Crippen LogP contribution in [0.3, 0.4) is 0 Å². The maximum atomic E-state index is 6.27. The van der Waals surface area contributed by atoms with Crippen LogP contribution in [0.5, 0.6) is 0 Å². The van der Waals surface area contributed by atoms with Gasteiger partial charge in [0.2, 0.25) is 0 Å². The van der Waals surface area contributed by atoms with E-state index in [4.69, 9.17) is 11.6 Å². The molecule has 0 aliphatic heterocycles. The van der Waals surface area contributed by atoms with Gasteiger partial charge in [0.1, 0.15) is 0 Å². The van der Waals surface area contributed by atoms with Crippen LogP contribution in [0.4, 0.5) is 0 Å². The highest BCUT2D eigenvalue weighted by Gasteiger charge is 2.46. The van der Waals surface area contributed by atoms with Crippen molar-refractivity contribution in [1.29, 1.82) is 0 Å². The molecule has 2 rings (SSSR count). The second kappa shape index (κ2) is 3.83. The van der Waals surface area contributed by atoms with Gasteiger partial charge in [-0.15, -0.1) is 11.6 Å². The lowest BCUT2D eigenvalue weighted by molar-refractivity contribution is 0.495. The summed E-state index contributed by atoms with van der Waals surface area (Å²) in [6, 6.07) is 6.72. The highest BCUT2D eigenvalue weighted by molar-refractivity contribution is 6.21. The lowest BCUT2D eigenvalue weighted by Crippen LogP contribution is -2.16. The zero-order chi connectivity index (χ0) is 11.1. The summed E-state index contributed by atoms with van der Waals surface area (Å²) in [6.45, 7) is 6.50. The SMILES string of the molecule is Cc1ccc(C)c(CC2(C(C)Cl)CC2)c1. The van der Waals surface area contributed by atoms with E-state index in [1.165, 1.54) is 29.5 Å². The number of hydrogen-bond donors (Lipinski definition) is 0. The Hall–Kier alpha value is -0.490. The van der Waals surface area contributed by atoms with Crippen molar-refractivity contribution in [3.63, 3.8) is 0 Å². The summed E-state index contributed by atoms with van der Waals surface area (Å²) >= 11 is 6.27. The Bertz CT molecular complexity index is 362. The van der Waals surface area contributed by atoms with Crippen molar-refractivity contribution in [2.45, 2.75) is 45.4 Å². The van der Waals surface area contributed by atoms with Gasteiger partial charge in [0, 0.05) is 5.38 Å². The second-order valence-corrected chi connectivity index (χ2v) is 5.74. The van der Waals surface area contributed by atoms with Gasteiger partial charge in [-0.2, -0.15) is 0 Å². The minimum Gasteiger partial charge on any atom is -0.123 e. The Morgan fingerprint density at radius 3 is 2.53 bits per heavy atom. The number of benzene rings is 1. The molecule has 82 valence electrons.